The number of nitrogens with zero attached hydrogens (tertiary/aromatic N) is 1. The molecule has 0 bridgehead atoms. The highest BCUT2D eigenvalue weighted by atomic mass is 79.9. The predicted molar refractivity (Wildman–Crippen MR) is 85.8 cm³/mol. The Morgan fingerprint density at radius 3 is 2.48 bits per heavy atom. The lowest BCUT2D eigenvalue weighted by atomic mass is 10.1. The lowest BCUT2D eigenvalue weighted by molar-refractivity contribution is -0.385. The van der Waals surface area contributed by atoms with E-state index in [2.05, 4.69) is 21.2 Å². The van der Waals surface area contributed by atoms with E-state index in [4.69, 9.17) is 4.74 Å². The molecule has 0 heterocycles. The van der Waals surface area contributed by atoms with Crippen LogP contribution in [-0.2, 0) is 0 Å². The molecule has 2 rings (SSSR count). The summed E-state index contributed by atoms with van der Waals surface area (Å²) in [5.74, 6) is 0.797. The second-order valence-corrected chi connectivity index (χ2v) is 5.42. The van der Waals surface area contributed by atoms with E-state index in [1.807, 2.05) is 31.2 Å². The van der Waals surface area contributed by atoms with E-state index < -0.39 is 4.92 Å². The highest BCUT2D eigenvalue weighted by Gasteiger charge is 2.13. The molecule has 0 amide bonds. The van der Waals surface area contributed by atoms with Crippen LogP contribution in [0.5, 0.6) is 5.75 Å². The Morgan fingerprint density at radius 1 is 1.24 bits per heavy atom. The van der Waals surface area contributed by atoms with Crippen LogP contribution in [0, 0.1) is 10.1 Å². The molecule has 0 radical (unpaired) electrons. The third kappa shape index (κ3) is 3.72. The van der Waals surface area contributed by atoms with Crippen molar-refractivity contribution in [2.24, 2.45) is 0 Å². The van der Waals surface area contributed by atoms with Crippen LogP contribution in [0.3, 0.4) is 0 Å². The van der Waals surface area contributed by atoms with Crippen molar-refractivity contribution in [1.29, 1.82) is 0 Å². The van der Waals surface area contributed by atoms with E-state index >= 15 is 0 Å². The number of nitro groups is 1. The van der Waals surface area contributed by atoms with Crippen molar-refractivity contribution in [3.8, 4) is 5.75 Å². The summed E-state index contributed by atoms with van der Waals surface area (Å²) in [5, 5.41) is 14.2. The average molecular weight is 351 g/mol. The number of rotatable bonds is 5. The van der Waals surface area contributed by atoms with Gasteiger partial charge in [-0.1, -0.05) is 12.1 Å². The van der Waals surface area contributed by atoms with Gasteiger partial charge in [0.15, 0.2) is 0 Å². The molecule has 110 valence electrons. The molecule has 0 saturated carbocycles. The summed E-state index contributed by atoms with van der Waals surface area (Å²) in [5.41, 5.74) is 1.82. The summed E-state index contributed by atoms with van der Waals surface area (Å²) >= 11 is 3.17. The molecule has 6 heteroatoms. The molecule has 1 N–H and O–H groups in total. The van der Waals surface area contributed by atoms with Crippen LogP contribution in [-0.4, -0.2) is 12.0 Å². The van der Waals surface area contributed by atoms with E-state index in [0.29, 0.717) is 10.2 Å². The number of benzene rings is 2. The summed E-state index contributed by atoms with van der Waals surface area (Å²) in [6, 6.07) is 12.7. The Balaban J connectivity index is 2.16. The van der Waals surface area contributed by atoms with Crippen molar-refractivity contribution in [3.63, 3.8) is 0 Å². The second-order valence-electron chi connectivity index (χ2n) is 4.56. The van der Waals surface area contributed by atoms with Gasteiger partial charge >= 0.3 is 0 Å². The molecule has 0 spiro atoms. The molecular weight excluding hydrogens is 336 g/mol. The van der Waals surface area contributed by atoms with E-state index in [1.165, 1.54) is 6.07 Å². The Hall–Kier alpha value is -2.08. The van der Waals surface area contributed by atoms with Crippen molar-refractivity contribution in [2.45, 2.75) is 13.0 Å². The lowest BCUT2D eigenvalue weighted by Gasteiger charge is -2.16. The number of hydrogen-bond donors (Lipinski definition) is 1. The van der Waals surface area contributed by atoms with E-state index in [-0.39, 0.29) is 11.7 Å². The molecule has 0 aliphatic rings. The SMILES string of the molecule is COc1ccc(C(C)Nc2ccc(Br)c([N+](=O)[O-])c2)cc1. The number of nitrogens with one attached hydrogen (secondary N) is 1. The zero-order chi connectivity index (χ0) is 15.4. The minimum Gasteiger partial charge on any atom is -0.497 e. The van der Waals surface area contributed by atoms with Crippen molar-refractivity contribution in [1.82, 2.24) is 0 Å². The molecule has 2 aromatic carbocycles. The number of anilines is 1. The Labute approximate surface area is 131 Å². The van der Waals surface area contributed by atoms with Gasteiger partial charge < -0.3 is 10.1 Å². The molecule has 0 fully saturated rings. The van der Waals surface area contributed by atoms with Crippen LogP contribution in [0.15, 0.2) is 46.9 Å². The highest BCUT2D eigenvalue weighted by molar-refractivity contribution is 9.10. The first kappa shape index (κ1) is 15.3. The Kier molecular flexibility index (Phi) is 4.80. The van der Waals surface area contributed by atoms with Gasteiger partial charge in [0.1, 0.15) is 5.75 Å². The summed E-state index contributed by atoms with van der Waals surface area (Å²) < 4.78 is 5.59. The first-order valence-corrected chi connectivity index (χ1v) is 7.15. The monoisotopic (exact) mass is 350 g/mol. The summed E-state index contributed by atoms with van der Waals surface area (Å²) in [6.07, 6.45) is 0. The molecule has 21 heavy (non-hydrogen) atoms. The average Bonchev–Trinajstić information content (AvgIpc) is 2.49. The zero-order valence-corrected chi connectivity index (χ0v) is 13.3. The maximum absolute atomic E-state index is 10.9. The molecule has 2 aromatic rings. The fraction of sp³-hybridized carbons (Fsp3) is 0.200. The second kappa shape index (κ2) is 6.58. The lowest BCUT2D eigenvalue weighted by Crippen LogP contribution is -2.06. The minimum atomic E-state index is -0.409. The van der Waals surface area contributed by atoms with Gasteiger partial charge in [-0.15, -0.1) is 0 Å². The molecule has 1 unspecified atom stereocenters. The van der Waals surface area contributed by atoms with E-state index in [0.717, 1.165) is 11.3 Å². The molecule has 5 nitrogen and oxygen atoms in total. The van der Waals surface area contributed by atoms with Gasteiger partial charge in [0.2, 0.25) is 0 Å². The van der Waals surface area contributed by atoms with Crippen LogP contribution in [0.1, 0.15) is 18.5 Å². The van der Waals surface area contributed by atoms with Crippen molar-refractivity contribution in [3.05, 3.63) is 62.6 Å². The third-order valence-corrected chi connectivity index (χ3v) is 3.81. The first-order valence-electron chi connectivity index (χ1n) is 6.35. The van der Waals surface area contributed by atoms with Gasteiger partial charge in [0.05, 0.1) is 16.5 Å². The van der Waals surface area contributed by atoms with Crippen LogP contribution in [0.4, 0.5) is 11.4 Å². The number of hydrogen-bond acceptors (Lipinski definition) is 4. The van der Waals surface area contributed by atoms with Crippen LogP contribution >= 0.6 is 15.9 Å². The molecule has 0 saturated heterocycles. The maximum atomic E-state index is 10.9. The molecule has 0 aromatic heterocycles. The summed E-state index contributed by atoms with van der Waals surface area (Å²) in [4.78, 5) is 10.5. The van der Waals surface area contributed by atoms with Gasteiger partial charge in [-0.2, -0.15) is 0 Å². The van der Waals surface area contributed by atoms with Gasteiger partial charge in [0.25, 0.3) is 5.69 Å². The standard InChI is InChI=1S/C15H15BrN2O3/c1-10(11-3-6-13(21-2)7-4-11)17-12-5-8-14(16)15(9-12)18(19)20/h3-10,17H,1-2H3. The van der Waals surface area contributed by atoms with Gasteiger partial charge in [0, 0.05) is 17.8 Å². The number of halogens is 1. The van der Waals surface area contributed by atoms with Crippen molar-refractivity contribution < 1.29 is 9.66 Å². The summed E-state index contributed by atoms with van der Waals surface area (Å²) in [7, 11) is 1.62. The third-order valence-electron chi connectivity index (χ3n) is 3.14. The maximum Gasteiger partial charge on any atom is 0.285 e. The van der Waals surface area contributed by atoms with Crippen molar-refractivity contribution in [2.75, 3.05) is 12.4 Å². The Morgan fingerprint density at radius 2 is 1.90 bits per heavy atom. The Bertz CT molecular complexity index is 644. The largest absolute Gasteiger partial charge is 0.497 e. The predicted octanol–water partition coefficient (Wildman–Crippen LogP) is 4.54. The number of nitro benzene ring substituents is 1. The first-order chi connectivity index (χ1) is 10.0. The molecule has 0 aliphatic heterocycles. The van der Waals surface area contributed by atoms with Gasteiger partial charge in [-0.3, -0.25) is 10.1 Å². The van der Waals surface area contributed by atoms with Crippen LogP contribution in [0.25, 0.3) is 0 Å². The number of methoxy groups -OCH3 is 1. The topological polar surface area (TPSA) is 64.4 Å². The minimum absolute atomic E-state index is 0.0247. The van der Waals surface area contributed by atoms with Crippen LogP contribution in [0.2, 0.25) is 0 Å². The van der Waals surface area contributed by atoms with E-state index in [1.54, 1.807) is 19.2 Å². The smallest absolute Gasteiger partial charge is 0.285 e. The van der Waals surface area contributed by atoms with Crippen molar-refractivity contribution >= 4 is 27.3 Å². The normalized spacial score (nSPS) is 11.8. The van der Waals surface area contributed by atoms with Gasteiger partial charge in [-0.25, -0.2) is 0 Å². The fourth-order valence-electron chi connectivity index (χ4n) is 1.97. The van der Waals surface area contributed by atoms with Gasteiger partial charge in [-0.05, 0) is 52.7 Å². The number of ether oxygens (including phenoxy) is 1. The molecule has 1 atom stereocenters. The quantitative estimate of drug-likeness (QED) is 0.635. The van der Waals surface area contributed by atoms with E-state index in [9.17, 15) is 10.1 Å². The zero-order valence-electron chi connectivity index (χ0n) is 11.7. The van der Waals surface area contributed by atoms with Crippen LogP contribution < -0.4 is 10.1 Å². The highest BCUT2D eigenvalue weighted by Crippen LogP contribution is 2.29. The fourth-order valence-corrected chi connectivity index (χ4v) is 2.36. The molecular formula is C15H15BrN2O3. The summed E-state index contributed by atoms with van der Waals surface area (Å²) in [6.45, 7) is 2.00. The molecule has 0 aliphatic carbocycles.